The smallest absolute Gasteiger partial charge is 0.261 e. The number of carbonyl (C=O) groups is 2. The molecule has 0 unspecified atom stereocenters. The van der Waals surface area contributed by atoms with E-state index in [9.17, 15) is 14.7 Å². The third-order valence-electron chi connectivity index (χ3n) is 7.04. The van der Waals surface area contributed by atoms with Crippen LogP contribution in [0.3, 0.4) is 0 Å². The Bertz CT molecular complexity index is 1510. The van der Waals surface area contributed by atoms with Gasteiger partial charge in [-0.2, -0.15) is 0 Å². The third-order valence-corrected chi connectivity index (χ3v) is 7.40. The van der Waals surface area contributed by atoms with Crippen LogP contribution in [0, 0.1) is 5.82 Å². The first-order chi connectivity index (χ1) is 18.8. The summed E-state index contributed by atoms with van der Waals surface area (Å²) in [6.07, 6.45) is 2.96. The number of anilines is 2. The van der Waals surface area contributed by atoms with E-state index in [1.54, 1.807) is 32.6 Å². The number of aromatic nitrogens is 3. The number of carbonyl (C=O) groups excluding carboxylic acids is 2. The van der Waals surface area contributed by atoms with Crippen molar-refractivity contribution in [3.05, 3.63) is 53.5 Å². The van der Waals surface area contributed by atoms with Crippen molar-refractivity contribution in [2.45, 2.75) is 6.04 Å². The summed E-state index contributed by atoms with van der Waals surface area (Å²) < 4.78 is 28.5. The molecule has 6 rings (SSSR count). The molecule has 13 heteroatoms. The molecule has 0 bridgehead atoms. The normalized spacial score (nSPS) is 18.4. The number of aromatic hydroxyl groups is 1. The maximum Gasteiger partial charge on any atom is 0.261 e. The van der Waals surface area contributed by atoms with Gasteiger partial charge in [0, 0.05) is 26.7 Å². The zero-order valence-corrected chi connectivity index (χ0v) is 21.7. The molecule has 1 saturated heterocycles. The number of piperazine rings is 1. The predicted octanol–water partition coefficient (Wildman–Crippen LogP) is 2.74. The van der Waals surface area contributed by atoms with Crippen molar-refractivity contribution in [3.63, 3.8) is 0 Å². The molecule has 0 radical (unpaired) electrons. The van der Waals surface area contributed by atoms with Gasteiger partial charge in [-0.1, -0.05) is 24.2 Å². The van der Waals surface area contributed by atoms with E-state index in [2.05, 4.69) is 11.7 Å². The Hall–Kier alpha value is -4.32. The molecule has 11 nitrogen and oxygen atoms in total. The van der Waals surface area contributed by atoms with Gasteiger partial charge in [0.25, 0.3) is 11.8 Å². The molecule has 2 amide bonds. The van der Waals surface area contributed by atoms with E-state index in [-0.39, 0.29) is 77.3 Å². The molecule has 0 aliphatic carbocycles. The van der Waals surface area contributed by atoms with Gasteiger partial charge in [0.2, 0.25) is 5.91 Å². The van der Waals surface area contributed by atoms with E-state index in [1.165, 1.54) is 24.3 Å². The molecule has 2 aromatic heterocycles. The molecule has 3 aliphatic heterocycles. The van der Waals surface area contributed by atoms with Crippen molar-refractivity contribution in [2.24, 2.45) is 7.05 Å². The molecule has 202 valence electrons. The van der Waals surface area contributed by atoms with Gasteiger partial charge in [0.15, 0.2) is 11.6 Å². The van der Waals surface area contributed by atoms with E-state index in [1.807, 2.05) is 0 Å². The van der Waals surface area contributed by atoms with Crippen LogP contribution in [0.1, 0.15) is 10.4 Å². The van der Waals surface area contributed by atoms with Crippen molar-refractivity contribution < 1.29 is 28.6 Å². The topological polar surface area (TPSA) is 113 Å². The highest BCUT2D eigenvalue weighted by Gasteiger charge is 2.41. The van der Waals surface area contributed by atoms with Crippen LogP contribution in [0.15, 0.2) is 37.1 Å². The minimum Gasteiger partial charge on any atom is -0.507 e. The largest absolute Gasteiger partial charge is 0.507 e. The number of phenols is 1. The standard InChI is InChI=1S/C26H24ClFN6O5/c1-3-18(36)32-7-8-33-14(11-32)13-39-23-20(26(33)37)24(34-9-10-38-25-16(34)12-31(2)30-25)29-22(21(23)27)19-15(28)5-4-6-17(19)35/h3-6,12,14,35H,1,7-11,13H2,2H3/t14-/m1/s1. The Morgan fingerprint density at radius 1 is 1.26 bits per heavy atom. The average molecular weight is 555 g/mol. The number of amides is 2. The zero-order chi connectivity index (χ0) is 27.4. The molecule has 39 heavy (non-hydrogen) atoms. The van der Waals surface area contributed by atoms with Crippen LogP contribution in [0.2, 0.25) is 5.02 Å². The van der Waals surface area contributed by atoms with Crippen molar-refractivity contribution >= 4 is 34.9 Å². The number of phenolic OH excluding ortho intramolecular Hbond substituents is 1. The van der Waals surface area contributed by atoms with Crippen molar-refractivity contribution in [1.82, 2.24) is 24.6 Å². The summed E-state index contributed by atoms with van der Waals surface area (Å²) in [6.45, 7) is 4.98. The highest BCUT2D eigenvalue weighted by Crippen LogP contribution is 2.48. The fourth-order valence-corrected chi connectivity index (χ4v) is 5.49. The maximum atomic E-state index is 15.0. The number of fused-ring (bicyclic) bond motifs is 3. The van der Waals surface area contributed by atoms with Gasteiger partial charge in [0.1, 0.15) is 46.7 Å². The lowest BCUT2D eigenvalue weighted by Crippen LogP contribution is -2.57. The van der Waals surface area contributed by atoms with Crippen molar-refractivity contribution in [2.75, 3.05) is 44.3 Å². The quantitative estimate of drug-likeness (QED) is 0.492. The molecular weight excluding hydrogens is 531 g/mol. The van der Waals surface area contributed by atoms with Crippen LogP contribution < -0.4 is 14.4 Å². The number of hydrogen-bond acceptors (Lipinski definition) is 8. The minimum absolute atomic E-state index is 0.0252. The van der Waals surface area contributed by atoms with Crippen LogP contribution in [-0.4, -0.2) is 86.9 Å². The monoisotopic (exact) mass is 554 g/mol. The maximum absolute atomic E-state index is 15.0. The molecule has 3 aliphatic rings. The highest BCUT2D eigenvalue weighted by atomic mass is 35.5. The Labute approximate surface area is 227 Å². The third kappa shape index (κ3) is 4.02. The van der Waals surface area contributed by atoms with Crippen molar-refractivity contribution in [1.29, 1.82) is 0 Å². The number of benzene rings is 1. The van der Waals surface area contributed by atoms with Crippen LogP contribution in [0.25, 0.3) is 11.3 Å². The van der Waals surface area contributed by atoms with E-state index in [4.69, 9.17) is 26.1 Å². The molecular formula is C26H24ClFN6O5. The molecule has 1 N–H and O–H groups in total. The van der Waals surface area contributed by atoms with Gasteiger partial charge >= 0.3 is 0 Å². The van der Waals surface area contributed by atoms with E-state index in [0.29, 0.717) is 24.7 Å². The van der Waals surface area contributed by atoms with Gasteiger partial charge < -0.3 is 29.3 Å². The summed E-state index contributed by atoms with van der Waals surface area (Å²) >= 11 is 6.78. The average Bonchev–Trinajstić information content (AvgIpc) is 3.25. The summed E-state index contributed by atoms with van der Waals surface area (Å²) in [5.41, 5.74) is 0.364. The molecule has 1 atom stereocenters. The predicted molar refractivity (Wildman–Crippen MR) is 139 cm³/mol. The molecule has 0 spiro atoms. The Balaban J connectivity index is 1.55. The van der Waals surface area contributed by atoms with Crippen LogP contribution >= 0.6 is 11.6 Å². The lowest BCUT2D eigenvalue weighted by atomic mass is 10.0. The first-order valence-corrected chi connectivity index (χ1v) is 12.7. The van der Waals surface area contributed by atoms with E-state index < -0.39 is 11.9 Å². The van der Waals surface area contributed by atoms with Gasteiger partial charge in [-0.3, -0.25) is 14.3 Å². The van der Waals surface area contributed by atoms with Crippen molar-refractivity contribution in [3.8, 4) is 28.6 Å². The second-order valence-corrected chi connectivity index (χ2v) is 9.76. The fraction of sp³-hybridized carbons (Fsp3) is 0.308. The number of nitrogens with zero attached hydrogens (tertiary/aromatic N) is 6. The lowest BCUT2D eigenvalue weighted by molar-refractivity contribution is -0.128. The van der Waals surface area contributed by atoms with Crippen LogP contribution in [0.4, 0.5) is 15.9 Å². The van der Waals surface area contributed by atoms with E-state index >= 15 is 4.39 Å². The van der Waals surface area contributed by atoms with Gasteiger partial charge in [-0.05, 0) is 18.2 Å². The number of halogens is 2. The van der Waals surface area contributed by atoms with Gasteiger partial charge in [0.05, 0.1) is 24.3 Å². The second-order valence-electron chi connectivity index (χ2n) is 9.38. The zero-order valence-electron chi connectivity index (χ0n) is 20.9. The Kier molecular flexibility index (Phi) is 6.06. The SMILES string of the molecule is C=CC(=O)N1CCN2C(=O)c3c(N4CCOc5nn(C)cc54)nc(-c4c(O)cccc4F)c(Cl)c3OC[C@H]2C1. The molecule has 5 heterocycles. The fourth-order valence-electron chi connectivity index (χ4n) is 5.20. The molecule has 1 fully saturated rings. The summed E-state index contributed by atoms with van der Waals surface area (Å²) in [4.78, 5) is 36.1. The Morgan fingerprint density at radius 2 is 2.08 bits per heavy atom. The van der Waals surface area contributed by atoms with Crippen LogP contribution in [0.5, 0.6) is 17.4 Å². The summed E-state index contributed by atoms with van der Waals surface area (Å²) in [5, 5.41) is 14.8. The first kappa shape index (κ1) is 25.0. The summed E-state index contributed by atoms with van der Waals surface area (Å²) in [7, 11) is 1.74. The molecule has 1 aromatic carbocycles. The summed E-state index contributed by atoms with van der Waals surface area (Å²) in [6, 6.07) is 3.41. The second kappa shape index (κ2) is 9.45. The number of aryl methyl sites for hydroxylation is 1. The minimum atomic E-state index is -0.740. The van der Waals surface area contributed by atoms with Gasteiger partial charge in [-0.25, -0.2) is 9.37 Å². The Morgan fingerprint density at radius 3 is 2.85 bits per heavy atom. The molecule has 3 aromatic rings. The van der Waals surface area contributed by atoms with E-state index in [0.717, 1.165) is 0 Å². The number of hydrogen-bond donors (Lipinski definition) is 1. The number of rotatable bonds is 3. The van der Waals surface area contributed by atoms with Crippen LogP contribution in [-0.2, 0) is 11.8 Å². The molecule has 0 saturated carbocycles. The first-order valence-electron chi connectivity index (χ1n) is 12.3. The lowest BCUT2D eigenvalue weighted by Gasteiger charge is -2.39. The number of ether oxygens (including phenoxy) is 2. The highest BCUT2D eigenvalue weighted by molar-refractivity contribution is 6.35. The summed E-state index contributed by atoms with van der Waals surface area (Å²) in [5.74, 6) is -1.19. The number of pyridine rings is 1. The van der Waals surface area contributed by atoms with Gasteiger partial charge in [-0.15, -0.1) is 5.10 Å².